The van der Waals surface area contributed by atoms with Gasteiger partial charge >= 0.3 is 0 Å². The first kappa shape index (κ1) is 20.1. The Labute approximate surface area is 156 Å². The molecule has 6 nitrogen and oxygen atoms in total. The van der Waals surface area contributed by atoms with Gasteiger partial charge in [0, 0.05) is 19.8 Å². The van der Waals surface area contributed by atoms with E-state index < -0.39 is 29.7 Å². The van der Waals surface area contributed by atoms with Gasteiger partial charge in [0.2, 0.25) is 17.7 Å². The molecule has 0 aliphatic heterocycles. The van der Waals surface area contributed by atoms with Gasteiger partial charge in [-0.15, -0.1) is 0 Å². The molecule has 0 aliphatic rings. The summed E-state index contributed by atoms with van der Waals surface area (Å²) in [7, 11) is 0. The summed E-state index contributed by atoms with van der Waals surface area (Å²) in [6, 6.07) is 12.9. The molecule has 0 fully saturated rings. The molecule has 2 rings (SSSR count). The average molecular weight is 371 g/mol. The van der Waals surface area contributed by atoms with E-state index in [1.54, 1.807) is 0 Å². The van der Waals surface area contributed by atoms with Gasteiger partial charge in [-0.05, 0) is 23.3 Å². The monoisotopic (exact) mass is 371 g/mol. The van der Waals surface area contributed by atoms with E-state index in [4.69, 9.17) is 5.73 Å². The van der Waals surface area contributed by atoms with Crippen molar-refractivity contribution in [1.82, 2.24) is 10.6 Å². The molecule has 0 aliphatic carbocycles. The van der Waals surface area contributed by atoms with E-state index in [1.807, 2.05) is 30.3 Å². The van der Waals surface area contributed by atoms with Crippen LogP contribution in [0, 0.1) is 5.82 Å². The molecule has 0 aromatic heterocycles. The van der Waals surface area contributed by atoms with Crippen LogP contribution in [-0.4, -0.2) is 29.8 Å². The minimum atomic E-state index is -0.977. The van der Waals surface area contributed by atoms with E-state index in [9.17, 15) is 18.8 Å². The fraction of sp³-hybridized carbons (Fsp3) is 0.250. The van der Waals surface area contributed by atoms with E-state index in [1.165, 1.54) is 31.2 Å². The van der Waals surface area contributed by atoms with Crippen LogP contribution in [0.15, 0.2) is 54.6 Å². The Kier molecular flexibility index (Phi) is 7.05. The maximum atomic E-state index is 13.0. The van der Waals surface area contributed by atoms with Crippen molar-refractivity contribution in [2.24, 2.45) is 5.73 Å². The van der Waals surface area contributed by atoms with Crippen molar-refractivity contribution in [3.05, 3.63) is 71.5 Å². The first-order chi connectivity index (χ1) is 12.8. The molecule has 0 radical (unpaired) electrons. The summed E-state index contributed by atoms with van der Waals surface area (Å²) in [4.78, 5) is 35.9. The summed E-state index contributed by atoms with van der Waals surface area (Å²) in [5.41, 5.74) is 6.92. The molecule has 0 spiro atoms. The van der Waals surface area contributed by atoms with Crippen LogP contribution >= 0.6 is 0 Å². The average Bonchev–Trinajstić information content (AvgIpc) is 2.62. The van der Waals surface area contributed by atoms with Crippen LogP contribution in [0.2, 0.25) is 0 Å². The SMILES string of the molecule is CC(=O)N[C@@H](Cc1ccccc1)C(=O)N[C@H](Cc1ccc(F)cc1)C(N)=O. The maximum Gasteiger partial charge on any atom is 0.243 e. The second-order valence-corrected chi connectivity index (χ2v) is 6.24. The van der Waals surface area contributed by atoms with Gasteiger partial charge in [-0.3, -0.25) is 14.4 Å². The standard InChI is InChI=1S/C20H22FN3O3/c1-13(25)23-18(12-14-5-3-2-4-6-14)20(27)24-17(19(22)26)11-15-7-9-16(21)10-8-15/h2-10,17-18H,11-12H2,1H3,(H2,22,26)(H,23,25)(H,24,27)/t17-,18+/m1/s1. The summed E-state index contributed by atoms with van der Waals surface area (Å²) < 4.78 is 13.0. The second kappa shape index (κ2) is 9.47. The second-order valence-electron chi connectivity index (χ2n) is 6.24. The van der Waals surface area contributed by atoms with Crippen LogP contribution in [0.5, 0.6) is 0 Å². The molecule has 0 saturated heterocycles. The number of rotatable bonds is 8. The molecule has 0 heterocycles. The van der Waals surface area contributed by atoms with Crippen LogP contribution in [-0.2, 0) is 27.2 Å². The third kappa shape index (κ3) is 6.54. The largest absolute Gasteiger partial charge is 0.368 e. The van der Waals surface area contributed by atoms with Crippen LogP contribution in [0.4, 0.5) is 4.39 Å². The Hall–Kier alpha value is -3.22. The van der Waals surface area contributed by atoms with Gasteiger partial charge in [-0.2, -0.15) is 0 Å². The number of carbonyl (C=O) groups excluding carboxylic acids is 3. The van der Waals surface area contributed by atoms with Crippen LogP contribution in [0.1, 0.15) is 18.1 Å². The highest BCUT2D eigenvalue weighted by atomic mass is 19.1. The Morgan fingerprint density at radius 2 is 1.44 bits per heavy atom. The Morgan fingerprint density at radius 3 is 2.00 bits per heavy atom. The predicted molar refractivity (Wildman–Crippen MR) is 99.0 cm³/mol. The van der Waals surface area contributed by atoms with Gasteiger partial charge in [0.1, 0.15) is 17.9 Å². The fourth-order valence-corrected chi connectivity index (χ4v) is 2.66. The number of nitrogens with one attached hydrogen (secondary N) is 2. The van der Waals surface area contributed by atoms with Gasteiger partial charge in [0.15, 0.2) is 0 Å². The predicted octanol–water partition coefficient (Wildman–Crippen LogP) is 1.09. The molecule has 142 valence electrons. The number of primary amides is 1. The number of halogens is 1. The maximum absolute atomic E-state index is 13.0. The van der Waals surface area contributed by atoms with E-state index in [2.05, 4.69) is 10.6 Å². The molecule has 27 heavy (non-hydrogen) atoms. The molecule has 2 atom stereocenters. The summed E-state index contributed by atoms with van der Waals surface area (Å²) in [6.07, 6.45) is 0.397. The summed E-state index contributed by atoms with van der Waals surface area (Å²) >= 11 is 0. The molecule has 3 amide bonds. The van der Waals surface area contributed by atoms with Crippen molar-refractivity contribution >= 4 is 17.7 Å². The molecule has 7 heteroatoms. The van der Waals surface area contributed by atoms with E-state index in [-0.39, 0.29) is 18.7 Å². The summed E-state index contributed by atoms with van der Waals surface area (Å²) in [5.74, 6) is -1.99. The zero-order valence-electron chi connectivity index (χ0n) is 14.9. The van der Waals surface area contributed by atoms with Gasteiger partial charge in [0.25, 0.3) is 0 Å². The molecule has 2 aromatic carbocycles. The number of hydrogen-bond donors (Lipinski definition) is 3. The lowest BCUT2D eigenvalue weighted by atomic mass is 10.0. The number of amides is 3. The van der Waals surface area contributed by atoms with Crippen LogP contribution in [0.25, 0.3) is 0 Å². The van der Waals surface area contributed by atoms with E-state index >= 15 is 0 Å². The molecule has 0 saturated carbocycles. The Bertz CT molecular complexity index is 794. The summed E-state index contributed by atoms with van der Waals surface area (Å²) in [6.45, 7) is 1.31. The van der Waals surface area contributed by atoms with Crippen LogP contribution < -0.4 is 16.4 Å². The number of nitrogens with two attached hydrogens (primary N) is 1. The van der Waals surface area contributed by atoms with E-state index in [0.29, 0.717) is 5.56 Å². The molecule has 0 unspecified atom stereocenters. The normalized spacial score (nSPS) is 12.7. The number of carbonyl (C=O) groups is 3. The zero-order valence-corrected chi connectivity index (χ0v) is 14.9. The van der Waals surface area contributed by atoms with Crippen LogP contribution in [0.3, 0.4) is 0 Å². The lowest BCUT2D eigenvalue weighted by Gasteiger charge is -2.22. The zero-order chi connectivity index (χ0) is 19.8. The van der Waals surface area contributed by atoms with Crippen molar-refractivity contribution in [2.45, 2.75) is 31.8 Å². The lowest BCUT2D eigenvalue weighted by Crippen LogP contribution is -2.54. The molecular weight excluding hydrogens is 349 g/mol. The third-order valence-electron chi connectivity index (χ3n) is 3.99. The number of hydrogen-bond acceptors (Lipinski definition) is 3. The van der Waals surface area contributed by atoms with Gasteiger partial charge in [0.05, 0.1) is 0 Å². The highest BCUT2D eigenvalue weighted by Gasteiger charge is 2.25. The van der Waals surface area contributed by atoms with Crippen molar-refractivity contribution in [3.8, 4) is 0 Å². The quantitative estimate of drug-likeness (QED) is 0.647. The van der Waals surface area contributed by atoms with Crippen molar-refractivity contribution in [2.75, 3.05) is 0 Å². The van der Waals surface area contributed by atoms with E-state index in [0.717, 1.165) is 5.56 Å². The fourth-order valence-electron chi connectivity index (χ4n) is 2.66. The smallest absolute Gasteiger partial charge is 0.243 e. The molecular formula is C20H22FN3O3. The highest BCUT2D eigenvalue weighted by Crippen LogP contribution is 2.08. The van der Waals surface area contributed by atoms with Crippen molar-refractivity contribution < 1.29 is 18.8 Å². The topological polar surface area (TPSA) is 101 Å². The van der Waals surface area contributed by atoms with Crippen molar-refractivity contribution in [3.63, 3.8) is 0 Å². The number of benzene rings is 2. The summed E-state index contributed by atoms with van der Waals surface area (Å²) in [5, 5.41) is 5.17. The lowest BCUT2D eigenvalue weighted by molar-refractivity contribution is -0.130. The first-order valence-corrected chi connectivity index (χ1v) is 8.50. The first-order valence-electron chi connectivity index (χ1n) is 8.50. The highest BCUT2D eigenvalue weighted by molar-refractivity contribution is 5.91. The van der Waals surface area contributed by atoms with Gasteiger partial charge < -0.3 is 16.4 Å². The third-order valence-corrected chi connectivity index (χ3v) is 3.99. The molecule has 0 bridgehead atoms. The minimum absolute atomic E-state index is 0.124. The van der Waals surface area contributed by atoms with Crippen molar-refractivity contribution in [1.29, 1.82) is 0 Å². The Balaban J connectivity index is 2.10. The Morgan fingerprint density at radius 1 is 0.889 bits per heavy atom. The molecule has 4 N–H and O–H groups in total. The molecule has 2 aromatic rings. The minimum Gasteiger partial charge on any atom is -0.368 e. The van der Waals surface area contributed by atoms with Gasteiger partial charge in [-0.1, -0.05) is 42.5 Å². The van der Waals surface area contributed by atoms with Gasteiger partial charge in [-0.25, -0.2) is 4.39 Å².